The zero-order valence-electron chi connectivity index (χ0n) is 19.8. The molecule has 0 atom stereocenters. The maximum Gasteiger partial charge on any atom is 0.412 e. The van der Waals surface area contributed by atoms with E-state index < -0.39 is 34.0 Å². The van der Waals surface area contributed by atoms with Crippen LogP contribution in [0.25, 0.3) is 0 Å². The number of nitrogens with zero attached hydrogens (tertiary/aromatic N) is 2. The highest BCUT2D eigenvalue weighted by Crippen LogP contribution is 2.41. The number of halogens is 3. The van der Waals surface area contributed by atoms with Crippen molar-refractivity contribution in [2.75, 3.05) is 25.0 Å². The topological polar surface area (TPSA) is 146 Å². The molecule has 1 saturated heterocycles. The average molecular weight is 601 g/mol. The fourth-order valence-electron chi connectivity index (χ4n) is 4.46. The van der Waals surface area contributed by atoms with Crippen LogP contribution in [0.5, 0.6) is 5.75 Å². The summed E-state index contributed by atoms with van der Waals surface area (Å²) in [5, 5.41) is 21.0. The van der Waals surface area contributed by atoms with Gasteiger partial charge in [-0.1, -0.05) is 34.8 Å². The summed E-state index contributed by atoms with van der Waals surface area (Å²) in [6.45, 7) is 1.38. The van der Waals surface area contributed by atoms with Gasteiger partial charge in [0.15, 0.2) is 5.78 Å². The highest BCUT2D eigenvalue weighted by Gasteiger charge is 2.44. The SMILES string of the molecule is Cc1c(C(=O)O)sc(NC(=O)OCC(Cl)(Cl)Cl)c1C(=O)N1CCC2(CC1)CC(=O)c1cc(C#N)ccc1O2. The number of anilines is 1. The van der Waals surface area contributed by atoms with Crippen molar-refractivity contribution in [2.45, 2.75) is 35.6 Å². The third-order valence-electron chi connectivity index (χ3n) is 6.32. The summed E-state index contributed by atoms with van der Waals surface area (Å²) in [6, 6.07) is 6.70. The van der Waals surface area contributed by atoms with E-state index in [1.54, 1.807) is 12.1 Å². The minimum atomic E-state index is -1.85. The lowest BCUT2D eigenvalue weighted by Gasteiger charge is -2.44. The molecular weight excluding hydrogens is 581 g/mol. The number of nitrogens with one attached hydrogen (secondary N) is 1. The standard InChI is InChI=1S/C24H20Cl3N3O7S/c1-12-17(19(38-18(12)21(33)34)29-22(35)36-11-24(25,26)27)20(32)30-6-4-23(5-7-30)9-15(31)14-8-13(10-28)2-3-16(14)37-23/h2-3,8H,4-7,9,11H2,1H3,(H,29,35)(H,33,34). The molecule has 1 spiro atoms. The number of carbonyl (C=O) groups excluding carboxylic acids is 3. The zero-order valence-corrected chi connectivity index (χ0v) is 22.9. The van der Waals surface area contributed by atoms with E-state index in [2.05, 4.69) is 5.32 Å². The minimum Gasteiger partial charge on any atom is -0.486 e. The van der Waals surface area contributed by atoms with Gasteiger partial charge in [0, 0.05) is 25.9 Å². The van der Waals surface area contributed by atoms with Crippen LogP contribution in [0.4, 0.5) is 9.80 Å². The predicted molar refractivity (Wildman–Crippen MR) is 140 cm³/mol. The quantitative estimate of drug-likeness (QED) is 0.456. The summed E-state index contributed by atoms with van der Waals surface area (Å²) in [6.07, 6.45) is -0.201. The highest BCUT2D eigenvalue weighted by molar-refractivity contribution is 7.18. The highest BCUT2D eigenvalue weighted by atomic mass is 35.6. The maximum atomic E-state index is 13.5. The maximum absolute atomic E-state index is 13.5. The van der Waals surface area contributed by atoms with Gasteiger partial charge in [-0.3, -0.25) is 14.9 Å². The molecule has 1 fully saturated rings. The minimum absolute atomic E-state index is 0.00850. The molecule has 4 rings (SSSR count). The molecule has 0 bridgehead atoms. The summed E-state index contributed by atoms with van der Waals surface area (Å²) in [5.41, 5.74) is 0.137. The van der Waals surface area contributed by atoms with Gasteiger partial charge in [0.05, 0.1) is 29.2 Å². The van der Waals surface area contributed by atoms with E-state index >= 15 is 0 Å². The van der Waals surface area contributed by atoms with Crippen molar-refractivity contribution in [3.8, 4) is 11.8 Å². The predicted octanol–water partition coefficient (Wildman–Crippen LogP) is 5.19. The molecule has 0 unspecified atom stereocenters. The van der Waals surface area contributed by atoms with Crippen LogP contribution in [0.1, 0.15) is 60.8 Å². The molecule has 2 aromatic rings. The number of hydrogen-bond acceptors (Lipinski definition) is 8. The molecule has 2 N–H and O–H groups in total. The number of ether oxygens (including phenoxy) is 2. The molecule has 2 aliphatic heterocycles. The molecule has 0 saturated carbocycles. The molecule has 0 aliphatic carbocycles. The Balaban J connectivity index is 1.51. The number of alkyl halides is 3. The van der Waals surface area contributed by atoms with Crippen LogP contribution in [0.2, 0.25) is 0 Å². The molecule has 1 aromatic heterocycles. The Morgan fingerprint density at radius 2 is 1.97 bits per heavy atom. The first-order valence-electron chi connectivity index (χ1n) is 11.3. The van der Waals surface area contributed by atoms with Crippen molar-refractivity contribution < 1.29 is 33.8 Å². The van der Waals surface area contributed by atoms with Gasteiger partial charge >= 0.3 is 12.1 Å². The van der Waals surface area contributed by atoms with Crippen LogP contribution in [0.15, 0.2) is 18.2 Å². The molecule has 0 radical (unpaired) electrons. The van der Waals surface area contributed by atoms with Crippen molar-refractivity contribution in [2.24, 2.45) is 0 Å². The molecule has 10 nitrogen and oxygen atoms in total. The van der Waals surface area contributed by atoms with Crippen molar-refractivity contribution in [3.05, 3.63) is 45.3 Å². The smallest absolute Gasteiger partial charge is 0.412 e. The Hall–Kier alpha value is -3.04. The van der Waals surface area contributed by atoms with Gasteiger partial charge in [0.2, 0.25) is 3.79 Å². The molecule has 200 valence electrons. The van der Waals surface area contributed by atoms with Crippen LogP contribution in [-0.2, 0) is 4.74 Å². The number of likely N-dealkylation sites (tertiary alicyclic amines) is 1. The Morgan fingerprint density at radius 3 is 2.58 bits per heavy atom. The molecule has 3 heterocycles. The monoisotopic (exact) mass is 599 g/mol. The number of Topliss-reactive ketones (excluding diaryl/α,β-unsaturated/α-hetero) is 1. The third kappa shape index (κ3) is 5.83. The first-order valence-corrected chi connectivity index (χ1v) is 13.2. The molecule has 38 heavy (non-hydrogen) atoms. The molecule has 2 aliphatic rings. The summed E-state index contributed by atoms with van der Waals surface area (Å²) >= 11 is 17.5. The van der Waals surface area contributed by atoms with E-state index in [9.17, 15) is 24.3 Å². The number of rotatable bonds is 4. The van der Waals surface area contributed by atoms with Crippen molar-refractivity contribution in [3.63, 3.8) is 0 Å². The van der Waals surface area contributed by atoms with Gasteiger partial charge in [0.25, 0.3) is 5.91 Å². The fraction of sp³-hybridized carbons (Fsp3) is 0.375. The Bertz CT molecular complexity index is 1370. The largest absolute Gasteiger partial charge is 0.486 e. The molecule has 1 aromatic carbocycles. The second-order valence-electron chi connectivity index (χ2n) is 8.88. The molecule has 14 heteroatoms. The second kappa shape index (κ2) is 10.6. The summed E-state index contributed by atoms with van der Waals surface area (Å²) in [7, 11) is 0. The lowest BCUT2D eigenvalue weighted by Crippen LogP contribution is -2.52. The van der Waals surface area contributed by atoms with Crippen LogP contribution >= 0.6 is 46.1 Å². The number of fused-ring (bicyclic) bond motifs is 1. The number of aromatic carboxylic acids is 1. The number of ketones is 1. The number of amides is 2. The van der Waals surface area contributed by atoms with Gasteiger partial charge in [-0.2, -0.15) is 5.26 Å². The van der Waals surface area contributed by atoms with Crippen LogP contribution in [0, 0.1) is 18.3 Å². The second-order valence-corrected chi connectivity index (χ2v) is 12.4. The fourth-order valence-corrected chi connectivity index (χ4v) is 5.64. The van der Waals surface area contributed by atoms with Crippen molar-refractivity contribution >= 4 is 74.9 Å². The number of benzene rings is 1. The van der Waals surface area contributed by atoms with Gasteiger partial charge in [-0.25, -0.2) is 9.59 Å². The van der Waals surface area contributed by atoms with Gasteiger partial charge < -0.3 is 19.5 Å². The summed E-state index contributed by atoms with van der Waals surface area (Å²) in [4.78, 5) is 51.7. The van der Waals surface area contributed by atoms with Crippen LogP contribution < -0.4 is 10.1 Å². The lowest BCUT2D eigenvalue weighted by atomic mass is 9.82. The number of carbonyl (C=O) groups is 4. The lowest BCUT2D eigenvalue weighted by molar-refractivity contribution is -0.00569. The van der Waals surface area contributed by atoms with E-state index in [1.165, 1.54) is 17.9 Å². The van der Waals surface area contributed by atoms with Crippen molar-refractivity contribution in [1.29, 1.82) is 5.26 Å². The van der Waals surface area contributed by atoms with Crippen LogP contribution in [-0.4, -0.2) is 62.8 Å². The Morgan fingerprint density at radius 1 is 1.29 bits per heavy atom. The van der Waals surface area contributed by atoms with E-state index in [1.807, 2.05) is 6.07 Å². The first kappa shape index (κ1) is 28.0. The summed E-state index contributed by atoms with van der Waals surface area (Å²) in [5.74, 6) is -1.48. The molecule has 2 amide bonds. The van der Waals surface area contributed by atoms with E-state index in [4.69, 9.17) is 49.5 Å². The number of carboxylic acid groups (broad SMARTS) is 1. The third-order valence-corrected chi connectivity index (χ3v) is 7.84. The number of piperidine rings is 1. The van der Waals surface area contributed by atoms with Gasteiger partial charge in [0.1, 0.15) is 27.8 Å². The molecular formula is C24H20Cl3N3O7S. The van der Waals surface area contributed by atoms with Gasteiger partial charge in [-0.15, -0.1) is 11.3 Å². The zero-order chi connectivity index (χ0) is 27.8. The van der Waals surface area contributed by atoms with Crippen LogP contribution in [0.3, 0.4) is 0 Å². The number of nitriles is 1. The van der Waals surface area contributed by atoms with E-state index in [0.29, 0.717) is 41.1 Å². The average Bonchev–Trinajstić information content (AvgIpc) is 3.18. The number of hydrogen-bond donors (Lipinski definition) is 2. The summed E-state index contributed by atoms with van der Waals surface area (Å²) < 4.78 is 9.21. The van der Waals surface area contributed by atoms with E-state index in [0.717, 1.165) is 0 Å². The Kier molecular flexibility index (Phi) is 7.81. The normalized spacial score (nSPS) is 16.3. The Labute approximate surface area is 236 Å². The number of carboxylic acids is 1. The number of thiophene rings is 1. The van der Waals surface area contributed by atoms with Gasteiger partial charge in [-0.05, 0) is 30.7 Å². The van der Waals surface area contributed by atoms with E-state index in [-0.39, 0.29) is 46.3 Å². The van der Waals surface area contributed by atoms with Crippen molar-refractivity contribution in [1.82, 2.24) is 4.90 Å². The first-order chi connectivity index (χ1) is 17.8.